The summed E-state index contributed by atoms with van der Waals surface area (Å²) in [5, 5.41) is 3.64. The molecule has 0 radical (unpaired) electrons. The van der Waals surface area contributed by atoms with Gasteiger partial charge in [-0.1, -0.05) is 26.8 Å². The summed E-state index contributed by atoms with van der Waals surface area (Å²) in [5.74, 6) is -1.02. The van der Waals surface area contributed by atoms with E-state index in [-0.39, 0.29) is 5.54 Å². The van der Waals surface area contributed by atoms with Crippen molar-refractivity contribution < 1.29 is 8.78 Å². The van der Waals surface area contributed by atoms with Crippen molar-refractivity contribution in [2.45, 2.75) is 52.2 Å². The average molecular weight is 296 g/mol. The molecular weight excluding hydrogens is 270 g/mol. The van der Waals surface area contributed by atoms with Crippen LogP contribution in [0.15, 0.2) is 18.2 Å². The fraction of sp³-hybridized carbons (Fsp3) is 0.647. The number of hydrogen-bond donors (Lipinski definition) is 1. The Labute approximate surface area is 126 Å². The van der Waals surface area contributed by atoms with E-state index in [4.69, 9.17) is 0 Å². The predicted molar refractivity (Wildman–Crippen MR) is 82.1 cm³/mol. The molecule has 1 fully saturated rings. The molecule has 118 valence electrons. The molecule has 0 aliphatic carbocycles. The molecule has 1 heterocycles. The number of benzene rings is 1. The number of halogens is 2. The molecule has 0 amide bonds. The Balaban J connectivity index is 2.17. The summed E-state index contributed by atoms with van der Waals surface area (Å²) in [5.41, 5.74) is 0.921. The van der Waals surface area contributed by atoms with Crippen LogP contribution >= 0.6 is 0 Å². The summed E-state index contributed by atoms with van der Waals surface area (Å²) in [7, 11) is 0. The minimum atomic E-state index is -0.780. The topological polar surface area (TPSA) is 15.3 Å². The Hall–Kier alpha value is -1.00. The smallest absolute Gasteiger partial charge is 0.159 e. The summed E-state index contributed by atoms with van der Waals surface area (Å²) in [6, 6.07) is 4.63. The van der Waals surface area contributed by atoms with Crippen LogP contribution < -0.4 is 5.32 Å². The summed E-state index contributed by atoms with van der Waals surface area (Å²) in [6.45, 7) is 11.3. The molecule has 2 nitrogen and oxygen atoms in total. The quantitative estimate of drug-likeness (QED) is 0.914. The van der Waals surface area contributed by atoms with Crippen molar-refractivity contribution in [3.05, 3.63) is 35.4 Å². The Kier molecular flexibility index (Phi) is 4.99. The number of nitrogens with one attached hydrogen (secondary N) is 1. The van der Waals surface area contributed by atoms with Crippen molar-refractivity contribution in [3.8, 4) is 0 Å². The maximum absolute atomic E-state index is 13.4. The van der Waals surface area contributed by atoms with Crippen LogP contribution in [0.4, 0.5) is 8.78 Å². The molecule has 1 saturated heterocycles. The fourth-order valence-electron chi connectivity index (χ4n) is 3.04. The van der Waals surface area contributed by atoms with Crippen molar-refractivity contribution in [1.29, 1.82) is 0 Å². The van der Waals surface area contributed by atoms with Gasteiger partial charge >= 0.3 is 0 Å². The largest absolute Gasteiger partial charge is 0.309 e. The van der Waals surface area contributed by atoms with Crippen molar-refractivity contribution >= 4 is 0 Å². The van der Waals surface area contributed by atoms with Gasteiger partial charge in [0.1, 0.15) is 0 Å². The third-order valence-electron chi connectivity index (χ3n) is 4.68. The fourth-order valence-corrected chi connectivity index (χ4v) is 3.04. The van der Waals surface area contributed by atoms with Crippen molar-refractivity contribution in [3.63, 3.8) is 0 Å². The highest BCUT2D eigenvalue weighted by Gasteiger charge is 2.35. The van der Waals surface area contributed by atoms with Crippen LogP contribution in [0.5, 0.6) is 0 Å². The van der Waals surface area contributed by atoms with Crippen molar-refractivity contribution in [1.82, 2.24) is 10.2 Å². The zero-order valence-corrected chi connectivity index (χ0v) is 13.4. The summed E-state index contributed by atoms with van der Waals surface area (Å²) in [6.07, 6.45) is 1.05. The Morgan fingerprint density at radius 1 is 1.33 bits per heavy atom. The summed E-state index contributed by atoms with van der Waals surface area (Å²) in [4.78, 5) is 2.40. The normalized spacial score (nSPS) is 27.3. The average Bonchev–Trinajstić information content (AvgIpc) is 2.43. The lowest BCUT2D eigenvalue weighted by Crippen LogP contribution is -2.63. The van der Waals surface area contributed by atoms with Gasteiger partial charge in [0.2, 0.25) is 0 Å². The van der Waals surface area contributed by atoms with E-state index < -0.39 is 11.6 Å². The molecule has 1 aliphatic rings. The molecule has 0 bridgehead atoms. The highest BCUT2D eigenvalue weighted by atomic mass is 19.2. The molecule has 4 heteroatoms. The second-order valence-electron chi connectivity index (χ2n) is 6.76. The summed E-state index contributed by atoms with van der Waals surface area (Å²) >= 11 is 0. The van der Waals surface area contributed by atoms with Crippen LogP contribution in [0.3, 0.4) is 0 Å². The first-order valence-corrected chi connectivity index (χ1v) is 7.77. The van der Waals surface area contributed by atoms with Gasteiger partial charge < -0.3 is 5.32 Å². The molecular formula is C17H26F2N2. The molecule has 0 saturated carbocycles. The predicted octanol–water partition coefficient (Wildman–Crippen LogP) is 3.56. The van der Waals surface area contributed by atoms with Crippen LogP contribution in [-0.4, -0.2) is 29.6 Å². The van der Waals surface area contributed by atoms with E-state index in [1.165, 1.54) is 12.1 Å². The monoisotopic (exact) mass is 296 g/mol. The van der Waals surface area contributed by atoms with E-state index in [2.05, 4.69) is 37.9 Å². The highest BCUT2D eigenvalue weighted by molar-refractivity contribution is 5.18. The first-order chi connectivity index (χ1) is 9.84. The van der Waals surface area contributed by atoms with Gasteiger partial charge in [0.05, 0.1) is 0 Å². The Morgan fingerprint density at radius 2 is 2.05 bits per heavy atom. The van der Waals surface area contributed by atoms with E-state index in [1.54, 1.807) is 6.07 Å². The molecule has 2 rings (SSSR count). The van der Waals surface area contributed by atoms with E-state index >= 15 is 0 Å². The highest BCUT2D eigenvalue weighted by Crippen LogP contribution is 2.25. The van der Waals surface area contributed by atoms with Gasteiger partial charge in [-0.3, -0.25) is 4.90 Å². The van der Waals surface area contributed by atoms with Crippen LogP contribution in [0, 0.1) is 17.6 Å². The van der Waals surface area contributed by atoms with E-state index in [1.807, 2.05) is 0 Å². The maximum Gasteiger partial charge on any atom is 0.159 e. The lowest BCUT2D eigenvalue weighted by Gasteiger charge is -2.47. The SMILES string of the molecule is CCC1(C)CN(Cc2ccc(F)c(F)c2)C(C(C)C)CN1. The van der Waals surface area contributed by atoms with Gasteiger partial charge in [0, 0.05) is 31.2 Å². The van der Waals surface area contributed by atoms with Crippen molar-refractivity contribution in [2.24, 2.45) is 5.92 Å². The lowest BCUT2D eigenvalue weighted by atomic mass is 9.89. The van der Waals surface area contributed by atoms with Gasteiger partial charge in [-0.05, 0) is 37.0 Å². The molecule has 1 aromatic carbocycles. The zero-order chi connectivity index (χ0) is 15.6. The molecule has 0 aromatic heterocycles. The number of piperazine rings is 1. The van der Waals surface area contributed by atoms with E-state index in [0.717, 1.165) is 25.1 Å². The van der Waals surface area contributed by atoms with Gasteiger partial charge in [-0.2, -0.15) is 0 Å². The Morgan fingerprint density at radius 3 is 2.62 bits per heavy atom. The van der Waals surface area contributed by atoms with E-state index in [9.17, 15) is 8.78 Å². The third kappa shape index (κ3) is 3.80. The molecule has 1 aromatic rings. The number of hydrogen-bond acceptors (Lipinski definition) is 2. The zero-order valence-electron chi connectivity index (χ0n) is 13.4. The lowest BCUT2D eigenvalue weighted by molar-refractivity contribution is 0.0538. The van der Waals surface area contributed by atoms with Crippen LogP contribution in [0.25, 0.3) is 0 Å². The first-order valence-electron chi connectivity index (χ1n) is 7.77. The first kappa shape index (κ1) is 16.4. The Bertz CT molecular complexity index is 490. The summed E-state index contributed by atoms with van der Waals surface area (Å²) < 4.78 is 26.5. The molecule has 0 spiro atoms. The van der Waals surface area contributed by atoms with Crippen LogP contribution in [-0.2, 0) is 6.54 Å². The van der Waals surface area contributed by atoms with Gasteiger partial charge in [0.15, 0.2) is 11.6 Å². The molecule has 2 unspecified atom stereocenters. The van der Waals surface area contributed by atoms with Crippen LogP contribution in [0.1, 0.15) is 39.7 Å². The number of nitrogens with zero attached hydrogens (tertiary/aromatic N) is 1. The number of rotatable bonds is 4. The van der Waals surface area contributed by atoms with Gasteiger partial charge in [0.25, 0.3) is 0 Å². The minimum Gasteiger partial charge on any atom is -0.309 e. The van der Waals surface area contributed by atoms with Crippen molar-refractivity contribution in [2.75, 3.05) is 13.1 Å². The van der Waals surface area contributed by atoms with Gasteiger partial charge in [-0.25, -0.2) is 8.78 Å². The third-order valence-corrected chi connectivity index (χ3v) is 4.68. The van der Waals surface area contributed by atoms with Gasteiger partial charge in [-0.15, -0.1) is 0 Å². The second-order valence-corrected chi connectivity index (χ2v) is 6.76. The molecule has 1 N–H and O–H groups in total. The molecule has 2 atom stereocenters. The molecule has 21 heavy (non-hydrogen) atoms. The maximum atomic E-state index is 13.4. The molecule has 1 aliphatic heterocycles. The van der Waals surface area contributed by atoms with E-state index in [0.29, 0.717) is 18.5 Å². The standard InChI is InChI=1S/C17H26F2N2/c1-5-17(4)11-21(16(9-20-17)12(2)3)10-13-6-7-14(18)15(19)8-13/h6-8,12,16,20H,5,9-11H2,1-4H3. The van der Waals surface area contributed by atoms with Crippen LogP contribution in [0.2, 0.25) is 0 Å². The second kappa shape index (κ2) is 6.41. The minimum absolute atomic E-state index is 0.0873.